The first kappa shape index (κ1) is 16.5. The van der Waals surface area contributed by atoms with Crippen molar-refractivity contribution in [1.82, 2.24) is 15.3 Å². The van der Waals surface area contributed by atoms with Gasteiger partial charge >= 0.3 is 0 Å². The summed E-state index contributed by atoms with van der Waals surface area (Å²) in [6, 6.07) is -0.0750. The van der Waals surface area contributed by atoms with Crippen LogP contribution in [0.2, 0.25) is 0 Å². The molecule has 0 saturated carbocycles. The first-order valence-corrected chi connectivity index (χ1v) is 9.45. The summed E-state index contributed by atoms with van der Waals surface area (Å²) in [4.78, 5) is 33.6. The Kier molecular flexibility index (Phi) is 5.03. The standard InChI is InChI=1S/C15H19N3O3S2/c1-8(6-21-2)16-12(19)5-11-17-14(20)13-9-3-4-22-7-10(9)23-15(13)18-11/h8H,3-7H2,1-2H3,(H,16,19)(H,17,18,20)/t8-/m0/s1. The molecule has 0 unspecified atom stereocenters. The van der Waals surface area contributed by atoms with E-state index in [1.165, 1.54) is 4.88 Å². The van der Waals surface area contributed by atoms with Gasteiger partial charge in [0.05, 0.1) is 18.4 Å². The number of amides is 1. The maximum Gasteiger partial charge on any atom is 0.259 e. The van der Waals surface area contributed by atoms with Crippen LogP contribution in [0, 0.1) is 0 Å². The van der Waals surface area contributed by atoms with Crippen molar-refractivity contribution in [3.05, 3.63) is 26.6 Å². The molecule has 0 fully saturated rings. The minimum absolute atomic E-state index is 0.0660. The normalized spacial score (nSPS) is 15.4. The van der Waals surface area contributed by atoms with Crippen molar-refractivity contribution < 1.29 is 9.53 Å². The Balaban J connectivity index is 1.83. The van der Waals surface area contributed by atoms with Gasteiger partial charge in [-0.1, -0.05) is 0 Å². The van der Waals surface area contributed by atoms with Crippen molar-refractivity contribution in [2.75, 3.05) is 19.5 Å². The monoisotopic (exact) mass is 353 g/mol. The van der Waals surface area contributed by atoms with E-state index >= 15 is 0 Å². The van der Waals surface area contributed by atoms with Crippen molar-refractivity contribution >= 4 is 39.2 Å². The van der Waals surface area contributed by atoms with Gasteiger partial charge in [0.15, 0.2) is 0 Å². The molecule has 0 saturated heterocycles. The molecule has 1 aliphatic rings. The van der Waals surface area contributed by atoms with E-state index in [1.54, 1.807) is 18.4 Å². The third kappa shape index (κ3) is 3.59. The van der Waals surface area contributed by atoms with Gasteiger partial charge in [-0.15, -0.1) is 11.3 Å². The maximum atomic E-state index is 12.4. The molecule has 1 atom stereocenters. The highest BCUT2D eigenvalue weighted by molar-refractivity contribution is 7.98. The van der Waals surface area contributed by atoms with E-state index in [9.17, 15) is 9.59 Å². The number of fused-ring (bicyclic) bond motifs is 3. The van der Waals surface area contributed by atoms with Crippen LogP contribution < -0.4 is 10.9 Å². The third-order valence-electron chi connectivity index (χ3n) is 3.68. The molecule has 2 N–H and O–H groups in total. The quantitative estimate of drug-likeness (QED) is 0.850. The number of nitrogens with zero attached hydrogens (tertiary/aromatic N) is 1. The summed E-state index contributed by atoms with van der Waals surface area (Å²) >= 11 is 3.45. The summed E-state index contributed by atoms with van der Waals surface area (Å²) in [6.45, 7) is 2.32. The highest BCUT2D eigenvalue weighted by atomic mass is 32.2. The molecular formula is C15H19N3O3S2. The number of H-pyrrole nitrogens is 1. The van der Waals surface area contributed by atoms with Crippen LogP contribution in [0.25, 0.3) is 10.2 Å². The lowest BCUT2D eigenvalue weighted by Crippen LogP contribution is -2.37. The molecule has 8 heteroatoms. The van der Waals surface area contributed by atoms with E-state index in [4.69, 9.17) is 4.74 Å². The molecule has 6 nitrogen and oxygen atoms in total. The first-order valence-electron chi connectivity index (χ1n) is 7.48. The zero-order valence-electron chi connectivity index (χ0n) is 13.1. The van der Waals surface area contributed by atoms with Crippen molar-refractivity contribution in [2.24, 2.45) is 0 Å². The number of hydrogen-bond acceptors (Lipinski definition) is 6. The van der Waals surface area contributed by atoms with Crippen LogP contribution in [-0.4, -0.2) is 41.4 Å². The first-order chi connectivity index (χ1) is 11.1. The Hall–Kier alpha value is -1.38. The molecule has 0 aliphatic carbocycles. The molecule has 124 valence electrons. The lowest BCUT2D eigenvalue weighted by atomic mass is 10.1. The van der Waals surface area contributed by atoms with Gasteiger partial charge in [-0.3, -0.25) is 9.59 Å². The van der Waals surface area contributed by atoms with Gasteiger partial charge in [0, 0.05) is 23.8 Å². The summed E-state index contributed by atoms with van der Waals surface area (Å²) in [7, 11) is 1.59. The van der Waals surface area contributed by atoms with E-state index < -0.39 is 0 Å². The van der Waals surface area contributed by atoms with Crippen LogP contribution in [-0.2, 0) is 28.1 Å². The van der Waals surface area contributed by atoms with E-state index in [0.29, 0.717) is 17.8 Å². The smallest absolute Gasteiger partial charge is 0.259 e. The summed E-state index contributed by atoms with van der Waals surface area (Å²) in [5.41, 5.74) is 1.01. The van der Waals surface area contributed by atoms with Crippen LogP contribution >= 0.6 is 23.1 Å². The van der Waals surface area contributed by atoms with E-state index in [1.807, 2.05) is 18.7 Å². The predicted octanol–water partition coefficient (Wildman–Crippen LogP) is 1.47. The summed E-state index contributed by atoms with van der Waals surface area (Å²) in [6.07, 6.45) is 0.982. The highest BCUT2D eigenvalue weighted by Gasteiger charge is 2.20. The second-order valence-corrected chi connectivity index (χ2v) is 7.79. The topological polar surface area (TPSA) is 84.1 Å². The molecule has 0 spiro atoms. The number of aromatic amines is 1. The number of ether oxygens (including phenoxy) is 1. The van der Waals surface area contributed by atoms with Gasteiger partial charge in [-0.2, -0.15) is 11.8 Å². The van der Waals surface area contributed by atoms with Gasteiger partial charge in [-0.25, -0.2) is 4.98 Å². The van der Waals surface area contributed by atoms with E-state index in [-0.39, 0.29) is 23.9 Å². The van der Waals surface area contributed by atoms with Crippen molar-refractivity contribution in [2.45, 2.75) is 31.6 Å². The molecule has 0 aromatic carbocycles. The second kappa shape index (κ2) is 7.02. The molecule has 1 amide bonds. The molecule has 0 bridgehead atoms. The van der Waals surface area contributed by atoms with Crippen molar-refractivity contribution in [1.29, 1.82) is 0 Å². The average molecular weight is 353 g/mol. The Morgan fingerprint density at radius 3 is 3.13 bits per heavy atom. The minimum atomic E-state index is -0.172. The maximum absolute atomic E-state index is 12.4. The Morgan fingerprint density at radius 2 is 2.35 bits per heavy atom. The molecule has 1 aliphatic heterocycles. The number of nitrogens with one attached hydrogen (secondary N) is 2. The number of thiophene rings is 1. The van der Waals surface area contributed by atoms with Gasteiger partial charge in [0.25, 0.3) is 5.56 Å². The molecule has 3 heterocycles. The largest absolute Gasteiger partial charge is 0.383 e. The number of rotatable bonds is 5. The highest BCUT2D eigenvalue weighted by Crippen LogP contribution is 2.35. The summed E-state index contributed by atoms with van der Waals surface area (Å²) in [5.74, 6) is 2.23. The lowest BCUT2D eigenvalue weighted by Gasteiger charge is -2.12. The van der Waals surface area contributed by atoms with Crippen LogP contribution in [0.15, 0.2) is 4.79 Å². The fourth-order valence-electron chi connectivity index (χ4n) is 2.73. The van der Waals surface area contributed by atoms with E-state index in [2.05, 4.69) is 15.3 Å². The Bertz CT molecular complexity index is 784. The molecular weight excluding hydrogens is 334 g/mol. The van der Waals surface area contributed by atoms with Gasteiger partial charge in [0.2, 0.25) is 5.91 Å². The molecule has 0 radical (unpaired) electrons. The van der Waals surface area contributed by atoms with Crippen LogP contribution in [0.1, 0.15) is 23.2 Å². The lowest BCUT2D eigenvalue weighted by molar-refractivity contribution is -0.121. The summed E-state index contributed by atoms with van der Waals surface area (Å²) in [5, 5.41) is 3.53. The number of carbonyl (C=O) groups is 1. The SMILES string of the molecule is COC[C@H](C)NC(=O)Cc1nc2sc3c(c2c(=O)[nH]1)CCSC3. The number of carbonyl (C=O) groups excluding carboxylic acids is 1. The third-order valence-corrected chi connectivity index (χ3v) is 5.97. The van der Waals surface area contributed by atoms with Gasteiger partial charge in [0.1, 0.15) is 10.7 Å². The molecule has 2 aromatic heterocycles. The van der Waals surface area contributed by atoms with Crippen LogP contribution in [0.3, 0.4) is 0 Å². The summed E-state index contributed by atoms with van der Waals surface area (Å²) < 4.78 is 4.99. The predicted molar refractivity (Wildman–Crippen MR) is 93.3 cm³/mol. The number of methoxy groups -OCH3 is 1. The number of aryl methyl sites for hydroxylation is 1. The molecule has 3 rings (SSSR count). The van der Waals surface area contributed by atoms with Crippen molar-refractivity contribution in [3.8, 4) is 0 Å². The van der Waals surface area contributed by atoms with Gasteiger partial charge < -0.3 is 15.0 Å². The molecule has 2 aromatic rings. The van der Waals surface area contributed by atoms with Crippen LogP contribution in [0.4, 0.5) is 0 Å². The van der Waals surface area contributed by atoms with E-state index in [0.717, 1.165) is 28.3 Å². The Morgan fingerprint density at radius 1 is 1.52 bits per heavy atom. The molecule has 23 heavy (non-hydrogen) atoms. The van der Waals surface area contributed by atoms with Crippen LogP contribution in [0.5, 0.6) is 0 Å². The number of hydrogen-bond donors (Lipinski definition) is 2. The zero-order chi connectivity index (χ0) is 16.4. The Labute approximate surface area is 142 Å². The second-order valence-electron chi connectivity index (χ2n) is 5.60. The fourth-order valence-corrected chi connectivity index (χ4v) is 5.10. The average Bonchev–Trinajstić information content (AvgIpc) is 2.85. The fraction of sp³-hybridized carbons (Fsp3) is 0.533. The zero-order valence-corrected chi connectivity index (χ0v) is 14.7. The minimum Gasteiger partial charge on any atom is -0.383 e. The number of aromatic nitrogens is 2. The van der Waals surface area contributed by atoms with Crippen molar-refractivity contribution in [3.63, 3.8) is 0 Å². The van der Waals surface area contributed by atoms with Gasteiger partial charge in [-0.05, 0) is 24.7 Å². The number of thioether (sulfide) groups is 1.